The molecule has 0 aromatic heterocycles. The SMILES string of the molecule is NCc1ccc(C(c2cccc(CN)c2)(C(F)(F)F)C(F)(F)F)cc1. The number of alkyl halides is 6. The maximum atomic E-state index is 13.9. The summed E-state index contributed by atoms with van der Waals surface area (Å²) in [6.45, 7) is -0.167. The molecule has 0 spiro atoms. The van der Waals surface area contributed by atoms with Gasteiger partial charge in [0.25, 0.3) is 0 Å². The first-order valence-corrected chi connectivity index (χ1v) is 7.30. The van der Waals surface area contributed by atoms with Crippen molar-refractivity contribution >= 4 is 0 Å². The maximum absolute atomic E-state index is 13.9. The van der Waals surface area contributed by atoms with Gasteiger partial charge in [-0.3, -0.25) is 0 Å². The molecule has 2 aromatic carbocycles. The molecule has 4 N–H and O–H groups in total. The van der Waals surface area contributed by atoms with Crippen LogP contribution in [0.4, 0.5) is 26.3 Å². The molecule has 2 aromatic rings. The third kappa shape index (κ3) is 3.23. The quantitative estimate of drug-likeness (QED) is 0.808. The molecule has 0 amide bonds. The summed E-state index contributed by atoms with van der Waals surface area (Å²) in [6, 6.07) is 8.13. The molecule has 0 aliphatic rings. The van der Waals surface area contributed by atoms with Gasteiger partial charge in [0.05, 0.1) is 0 Å². The zero-order valence-corrected chi connectivity index (χ0v) is 13.0. The Bertz CT molecular complexity index is 705. The fraction of sp³-hybridized carbons (Fsp3) is 0.294. The molecule has 2 rings (SSSR count). The Morgan fingerprint density at radius 3 is 1.60 bits per heavy atom. The van der Waals surface area contributed by atoms with E-state index in [9.17, 15) is 26.3 Å². The van der Waals surface area contributed by atoms with Crippen LogP contribution in [0, 0.1) is 0 Å². The summed E-state index contributed by atoms with van der Waals surface area (Å²) < 4.78 is 83.3. The molecule has 0 bridgehead atoms. The Hall–Kier alpha value is -2.06. The first-order valence-electron chi connectivity index (χ1n) is 7.30. The minimum atomic E-state index is -5.61. The molecule has 0 radical (unpaired) electrons. The first-order chi connectivity index (χ1) is 11.6. The molecule has 0 aliphatic carbocycles. The van der Waals surface area contributed by atoms with E-state index in [-0.39, 0.29) is 18.7 Å². The summed E-state index contributed by atoms with van der Waals surface area (Å²) in [5.74, 6) is 0. The number of hydrogen-bond donors (Lipinski definition) is 2. The number of hydrogen-bond acceptors (Lipinski definition) is 2. The summed E-state index contributed by atoms with van der Waals surface area (Å²) in [5, 5.41) is 0. The lowest BCUT2D eigenvalue weighted by Crippen LogP contribution is -2.54. The molecular formula is C17H16F6N2. The van der Waals surface area contributed by atoms with Crippen LogP contribution in [0.3, 0.4) is 0 Å². The van der Waals surface area contributed by atoms with Gasteiger partial charge in [-0.2, -0.15) is 26.3 Å². The molecule has 0 unspecified atom stereocenters. The largest absolute Gasteiger partial charge is 0.411 e. The normalized spacial score (nSPS) is 13.1. The van der Waals surface area contributed by atoms with E-state index in [1.165, 1.54) is 6.07 Å². The van der Waals surface area contributed by atoms with Crippen molar-refractivity contribution in [3.05, 3.63) is 70.8 Å². The van der Waals surface area contributed by atoms with Crippen LogP contribution in [-0.4, -0.2) is 12.4 Å². The van der Waals surface area contributed by atoms with Gasteiger partial charge in [-0.15, -0.1) is 0 Å². The van der Waals surface area contributed by atoms with Crippen molar-refractivity contribution in [2.75, 3.05) is 0 Å². The second-order valence-electron chi connectivity index (χ2n) is 5.55. The van der Waals surface area contributed by atoms with Crippen molar-refractivity contribution in [3.8, 4) is 0 Å². The van der Waals surface area contributed by atoms with Gasteiger partial charge in [-0.1, -0.05) is 48.5 Å². The third-order valence-electron chi connectivity index (χ3n) is 4.07. The van der Waals surface area contributed by atoms with Crippen LogP contribution in [0.2, 0.25) is 0 Å². The Labute approximate surface area is 140 Å². The fourth-order valence-corrected chi connectivity index (χ4v) is 2.80. The first kappa shape index (κ1) is 19.3. The van der Waals surface area contributed by atoms with E-state index in [0.717, 1.165) is 42.5 Å². The van der Waals surface area contributed by atoms with E-state index in [0.29, 0.717) is 5.56 Å². The second kappa shape index (κ2) is 6.68. The van der Waals surface area contributed by atoms with Crippen molar-refractivity contribution in [1.29, 1.82) is 0 Å². The van der Waals surface area contributed by atoms with E-state index >= 15 is 0 Å². The smallest absolute Gasteiger partial charge is 0.326 e. The van der Waals surface area contributed by atoms with Gasteiger partial charge in [-0.25, -0.2) is 0 Å². The Morgan fingerprint density at radius 1 is 0.640 bits per heavy atom. The van der Waals surface area contributed by atoms with Gasteiger partial charge in [0, 0.05) is 13.1 Å². The highest BCUT2D eigenvalue weighted by Crippen LogP contribution is 2.56. The maximum Gasteiger partial charge on any atom is 0.411 e. The summed E-state index contributed by atoms with van der Waals surface area (Å²) in [7, 11) is 0. The van der Waals surface area contributed by atoms with Crippen LogP contribution in [-0.2, 0) is 18.5 Å². The monoisotopic (exact) mass is 362 g/mol. The van der Waals surface area contributed by atoms with Gasteiger partial charge in [0.2, 0.25) is 5.41 Å². The van der Waals surface area contributed by atoms with Gasteiger partial charge in [0.15, 0.2) is 0 Å². The Morgan fingerprint density at radius 2 is 1.16 bits per heavy atom. The molecule has 0 aliphatic heterocycles. The van der Waals surface area contributed by atoms with Crippen LogP contribution in [0.25, 0.3) is 0 Å². The van der Waals surface area contributed by atoms with Crippen LogP contribution in [0.5, 0.6) is 0 Å². The highest BCUT2D eigenvalue weighted by Gasteiger charge is 2.72. The van der Waals surface area contributed by atoms with E-state index < -0.39 is 28.9 Å². The zero-order chi connectivity index (χ0) is 18.9. The molecule has 2 nitrogen and oxygen atoms in total. The minimum absolute atomic E-state index is 0.00791. The second-order valence-corrected chi connectivity index (χ2v) is 5.55. The van der Waals surface area contributed by atoms with Crippen molar-refractivity contribution in [2.45, 2.75) is 30.9 Å². The molecule has 0 fully saturated rings. The fourth-order valence-electron chi connectivity index (χ4n) is 2.80. The molecule has 0 heterocycles. The zero-order valence-electron chi connectivity index (χ0n) is 13.0. The van der Waals surface area contributed by atoms with E-state index in [1.807, 2.05) is 0 Å². The highest BCUT2D eigenvalue weighted by atomic mass is 19.4. The molecule has 8 heteroatoms. The number of rotatable bonds is 4. The average Bonchev–Trinajstić information content (AvgIpc) is 2.53. The summed E-state index contributed by atoms with van der Waals surface area (Å²) in [6.07, 6.45) is -11.2. The van der Waals surface area contributed by atoms with Crippen LogP contribution >= 0.6 is 0 Å². The lowest BCUT2D eigenvalue weighted by Gasteiger charge is -2.38. The number of nitrogens with two attached hydrogens (primary N) is 2. The van der Waals surface area contributed by atoms with Crippen molar-refractivity contribution in [2.24, 2.45) is 11.5 Å². The lowest BCUT2D eigenvalue weighted by atomic mass is 9.72. The van der Waals surface area contributed by atoms with Crippen LogP contribution in [0.1, 0.15) is 22.3 Å². The number of halogens is 6. The lowest BCUT2D eigenvalue weighted by molar-refractivity contribution is -0.288. The summed E-state index contributed by atoms with van der Waals surface area (Å²) in [4.78, 5) is 0. The third-order valence-corrected chi connectivity index (χ3v) is 4.07. The number of benzene rings is 2. The predicted molar refractivity (Wildman–Crippen MR) is 81.6 cm³/mol. The van der Waals surface area contributed by atoms with Gasteiger partial charge >= 0.3 is 12.4 Å². The van der Waals surface area contributed by atoms with Crippen LogP contribution in [0.15, 0.2) is 48.5 Å². The summed E-state index contributed by atoms with van der Waals surface area (Å²) >= 11 is 0. The Balaban J connectivity index is 2.85. The molecule has 25 heavy (non-hydrogen) atoms. The van der Waals surface area contributed by atoms with Crippen molar-refractivity contribution in [3.63, 3.8) is 0 Å². The van der Waals surface area contributed by atoms with Crippen molar-refractivity contribution in [1.82, 2.24) is 0 Å². The minimum Gasteiger partial charge on any atom is -0.326 e. The average molecular weight is 362 g/mol. The predicted octanol–water partition coefficient (Wildman–Crippen LogP) is 4.01. The standard InChI is InChI=1S/C17H16F6N2/c18-16(19,20)15(17(21,22)23,13-6-4-11(9-24)5-7-13)14-3-1-2-12(8-14)10-25/h1-8H,9-10,24-25H2. The van der Waals surface area contributed by atoms with Crippen molar-refractivity contribution < 1.29 is 26.3 Å². The van der Waals surface area contributed by atoms with Gasteiger partial charge < -0.3 is 11.5 Å². The van der Waals surface area contributed by atoms with E-state index in [4.69, 9.17) is 11.5 Å². The molecule has 0 saturated heterocycles. The van der Waals surface area contributed by atoms with E-state index in [2.05, 4.69) is 0 Å². The van der Waals surface area contributed by atoms with Gasteiger partial charge in [0.1, 0.15) is 0 Å². The highest BCUT2D eigenvalue weighted by molar-refractivity contribution is 5.46. The van der Waals surface area contributed by atoms with Gasteiger partial charge in [-0.05, 0) is 22.3 Å². The Kier molecular flexibility index (Phi) is 5.15. The molecule has 136 valence electrons. The molecular weight excluding hydrogens is 346 g/mol. The topological polar surface area (TPSA) is 52.0 Å². The van der Waals surface area contributed by atoms with E-state index in [1.54, 1.807) is 0 Å². The molecule has 0 atom stereocenters. The molecule has 0 saturated carbocycles. The summed E-state index contributed by atoms with van der Waals surface area (Å²) in [5.41, 5.74) is 5.36. The van der Waals surface area contributed by atoms with Crippen LogP contribution < -0.4 is 11.5 Å².